The molecule has 0 bridgehead atoms. The topological polar surface area (TPSA) is 88.5 Å². The summed E-state index contributed by atoms with van der Waals surface area (Å²) in [6, 6.07) is 15.9. The van der Waals surface area contributed by atoms with Gasteiger partial charge in [-0.05, 0) is 70.5 Å². The summed E-state index contributed by atoms with van der Waals surface area (Å²) < 4.78 is 6.18. The summed E-state index contributed by atoms with van der Waals surface area (Å²) in [6.45, 7) is 10.5. The predicted octanol–water partition coefficient (Wildman–Crippen LogP) is 7.29. The van der Waals surface area contributed by atoms with E-state index in [4.69, 9.17) is 14.8 Å². The Labute approximate surface area is 225 Å². The maximum absolute atomic E-state index is 13.1. The summed E-state index contributed by atoms with van der Waals surface area (Å²) in [5.41, 5.74) is 2.04. The molecule has 2 aromatic carbocycles. The second kappa shape index (κ2) is 11.1. The monoisotopic (exact) mass is 516 g/mol. The van der Waals surface area contributed by atoms with Gasteiger partial charge in [0.05, 0.1) is 6.42 Å². The number of hydrogen-bond donors (Lipinski definition) is 2. The van der Waals surface area contributed by atoms with Gasteiger partial charge in [0.1, 0.15) is 17.2 Å². The Kier molecular flexibility index (Phi) is 8.10. The van der Waals surface area contributed by atoms with Crippen LogP contribution in [0.15, 0.2) is 48.5 Å². The van der Waals surface area contributed by atoms with Gasteiger partial charge in [-0.1, -0.05) is 72.4 Å². The van der Waals surface area contributed by atoms with E-state index >= 15 is 0 Å². The molecule has 1 aliphatic carbocycles. The highest BCUT2D eigenvalue weighted by Gasteiger charge is 2.24. The van der Waals surface area contributed by atoms with E-state index in [1.807, 2.05) is 50.2 Å². The van der Waals surface area contributed by atoms with Crippen LogP contribution >= 0.6 is 0 Å². The van der Waals surface area contributed by atoms with Crippen molar-refractivity contribution in [2.24, 2.45) is 11.3 Å². The van der Waals surface area contributed by atoms with Crippen molar-refractivity contribution in [2.75, 3.05) is 6.54 Å². The van der Waals surface area contributed by atoms with Crippen LogP contribution in [0.3, 0.4) is 0 Å². The number of carboxylic acid groups (broad SMARTS) is 1. The van der Waals surface area contributed by atoms with E-state index in [1.165, 1.54) is 31.2 Å². The molecule has 202 valence electrons. The highest BCUT2D eigenvalue weighted by molar-refractivity contribution is 5.97. The molecule has 38 heavy (non-hydrogen) atoms. The van der Waals surface area contributed by atoms with Crippen molar-refractivity contribution in [3.8, 4) is 11.5 Å². The zero-order chi connectivity index (χ0) is 27.5. The van der Waals surface area contributed by atoms with Gasteiger partial charge in [-0.15, -0.1) is 0 Å². The van der Waals surface area contributed by atoms with Gasteiger partial charge in [0.25, 0.3) is 5.91 Å². The van der Waals surface area contributed by atoms with E-state index in [0.29, 0.717) is 17.4 Å². The van der Waals surface area contributed by atoms with E-state index in [9.17, 15) is 9.59 Å². The molecule has 0 radical (unpaired) electrons. The van der Waals surface area contributed by atoms with Crippen molar-refractivity contribution in [3.05, 3.63) is 65.5 Å². The van der Waals surface area contributed by atoms with Crippen molar-refractivity contribution < 1.29 is 19.4 Å². The molecule has 0 aliphatic heterocycles. The fourth-order valence-corrected chi connectivity index (χ4v) is 5.17. The number of carbonyl (C=O) groups is 2. The molecule has 1 amide bonds. The Balaban J connectivity index is 1.61. The van der Waals surface area contributed by atoms with Crippen LogP contribution < -0.4 is 10.1 Å². The highest BCUT2D eigenvalue weighted by Crippen LogP contribution is 2.33. The minimum Gasteiger partial charge on any atom is -0.481 e. The van der Waals surface area contributed by atoms with E-state index in [2.05, 4.69) is 38.2 Å². The second-order valence-corrected chi connectivity index (χ2v) is 12.5. The van der Waals surface area contributed by atoms with Gasteiger partial charge in [-0.2, -0.15) is 0 Å². The summed E-state index contributed by atoms with van der Waals surface area (Å²) in [5.74, 6) is 0.870. The molecule has 6 nitrogen and oxygen atoms in total. The van der Waals surface area contributed by atoms with Gasteiger partial charge in [-0.3, -0.25) is 9.59 Å². The Bertz CT molecular complexity index is 1300. The molecule has 1 heterocycles. The average molecular weight is 517 g/mol. The Hall–Kier alpha value is -3.41. The average Bonchev–Trinajstić information content (AvgIpc) is 3.34. The number of nitrogens with zero attached hydrogens (tertiary/aromatic N) is 1. The SMILES string of the molecule is CC(C)(CNC(=O)c1cc2cc(Oc3ccc(C(C)(C)C)cc3)ccc2c(CC2CCCC2)n1)CC(=O)O. The van der Waals surface area contributed by atoms with Crippen LogP contribution in [-0.4, -0.2) is 28.5 Å². The fourth-order valence-electron chi connectivity index (χ4n) is 5.17. The number of pyridine rings is 1. The number of amides is 1. The molecular formula is C32H40N2O4. The fraction of sp³-hybridized carbons (Fsp3) is 0.469. The minimum atomic E-state index is -0.882. The predicted molar refractivity (Wildman–Crippen MR) is 151 cm³/mol. The molecule has 2 N–H and O–H groups in total. The summed E-state index contributed by atoms with van der Waals surface area (Å²) in [5, 5.41) is 14.0. The van der Waals surface area contributed by atoms with Crippen LogP contribution in [0.1, 0.15) is 88.5 Å². The molecule has 1 saturated carbocycles. The number of rotatable bonds is 9. The molecule has 6 heteroatoms. The first kappa shape index (κ1) is 27.6. The number of nitrogens with one attached hydrogen (secondary N) is 1. The van der Waals surface area contributed by atoms with Gasteiger partial charge in [-0.25, -0.2) is 4.98 Å². The Morgan fingerprint density at radius 3 is 2.26 bits per heavy atom. The zero-order valence-corrected chi connectivity index (χ0v) is 23.3. The minimum absolute atomic E-state index is 0.0250. The molecule has 1 fully saturated rings. The first-order valence-electron chi connectivity index (χ1n) is 13.6. The summed E-state index contributed by atoms with van der Waals surface area (Å²) in [4.78, 5) is 29.1. The lowest BCUT2D eigenvalue weighted by Crippen LogP contribution is -2.35. The molecule has 0 unspecified atom stereocenters. The first-order chi connectivity index (χ1) is 17.9. The third kappa shape index (κ3) is 7.12. The highest BCUT2D eigenvalue weighted by atomic mass is 16.5. The van der Waals surface area contributed by atoms with E-state index in [-0.39, 0.29) is 24.3 Å². The van der Waals surface area contributed by atoms with Crippen LogP contribution in [0.2, 0.25) is 0 Å². The summed E-state index contributed by atoms with van der Waals surface area (Å²) in [6.07, 6.45) is 5.68. The molecule has 1 aromatic heterocycles. The van der Waals surface area contributed by atoms with Crippen molar-refractivity contribution in [1.82, 2.24) is 10.3 Å². The van der Waals surface area contributed by atoms with E-state index in [0.717, 1.165) is 28.6 Å². The zero-order valence-electron chi connectivity index (χ0n) is 23.3. The number of ether oxygens (including phenoxy) is 1. The van der Waals surface area contributed by atoms with Gasteiger partial charge >= 0.3 is 5.97 Å². The number of aliphatic carboxylic acids is 1. The van der Waals surface area contributed by atoms with Crippen molar-refractivity contribution >= 4 is 22.6 Å². The summed E-state index contributed by atoms with van der Waals surface area (Å²) >= 11 is 0. The lowest BCUT2D eigenvalue weighted by atomic mass is 9.87. The molecular weight excluding hydrogens is 476 g/mol. The van der Waals surface area contributed by atoms with Crippen molar-refractivity contribution in [3.63, 3.8) is 0 Å². The quantitative estimate of drug-likeness (QED) is 0.312. The summed E-state index contributed by atoms with van der Waals surface area (Å²) in [7, 11) is 0. The Morgan fingerprint density at radius 2 is 1.63 bits per heavy atom. The van der Waals surface area contributed by atoms with Crippen LogP contribution in [0.25, 0.3) is 10.8 Å². The largest absolute Gasteiger partial charge is 0.481 e. The third-order valence-corrected chi connectivity index (χ3v) is 7.38. The first-order valence-corrected chi connectivity index (χ1v) is 13.6. The van der Waals surface area contributed by atoms with Crippen LogP contribution in [0, 0.1) is 11.3 Å². The van der Waals surface area contributed by atoms with Crippen LogP contribution in [0.4, 0.5) is 0 Å². The lowest BCUT2D eigenvalue weighted by molar-refractivity contribution is -0.139. The lowest BCUT2D eigenvalue weighted by Gasteiger charge is -2.22. The van der Waals surface area contributed by atoms with Gasteiger partial charge in [0.15, 0.2) is 0 Å². The maximum Gasteiger partial charge on any atom is 0.303 e. The molecule has 4 rings (SSSR count). The number of carboxylic acids is 1. The number of carbonyl (C=O) groups excluding carboxylic acids is 1. The maximum atomic E-state index is 13.1. The standard InChI is InChI=1S/C32H40N2O4/c1-31(2,3)23-10-12-24(13-11-23)38-25-14-15-26-22(17-25)18-28(34-27(26)16-21-8-6-7-9-21)30(37)33-20-32(4,5)19-29(35)36/h10-15,17-18,21H,6-9,16,19-20H2,1-5H3,(H,33,37)(H,35,36). The normalized spacial score (nSPS) is 14.6. The van der Waals surface area contributed by atoms with Gasteiger partial charge < -0.3 is 15.2 Å². The third-order valence-electron chi connectivity index (χ3n) is 7.38. The number of fused-ring (bicyclic) bond motifs is 1. The second-order valence-electron chi connectivity index (χ2n) is 12.5. The smallest absolute Gasteiger partial charge is 0.303 e. The molecule has 1 aliphatic rings. The Morgan fingerprint density at radius 1 is 0.974 bits per heavy atom. The number of hydrogen-bond acceptors (Lipinski definition) is 4. The van der Waals surface area contributed by atoms with Gasteiger partial charge in [0, 0.05) is 17.6 Å². The number of aromatic nitrogens is 1. The van der Waals surface area contributed by atoms with Crippen LogP contribution in [0.5, 0.6) is 11.5 Å². The molecule has 3 aromatic rings. The molecule has 0 saturated heterocycles. The van der Waals surface area contributed by atoms with Crippen LogP contribution in [-0.2, 0) is 16.6 Å². The van der Waals surface area contributed by atoms with Gasteiger partial charge in [0.2, 0.25) is 0 Å². The van der Waals surface area contributed by atoms with Crippen molar-refractivity contribution in [2.45, 2.75) is 78.6 Å². The molecule has 0 atom stereocenters. The van der Waals surface area contributed by atoms with E-state index < -0.39 is 11.4 Å². The van der Waals surface area contributed by atoms with Crippen molar-refractivity contribution in [1.29, 1.82) is 0 Å². The number of benzene rings is 2. The molecule has 0 spiro atoms. The van der Waals surface area contributed by atoms with E-state index in [1.54, 1.807) is 0 Å².